The standard InChI is InChI=1S/C25H30N4O2/c1-27-13-15-28(16-14-27)17-23(30)29-25(19-7-10-20(31-2)11-8-19)22-12-9-18-5-3-4-6-21(18)24(22)26-29/h3-8,10-11,22,25H,9,12-17H2,1-2H3/p+2/t22-,25+/m0/s1. The number of rotatable bonds is 4. The van der Waals surface area contributed by atoms with Gasteiger partial charge < -0.3 is 14.5 Å². The zero-order chi connectivity index (χ0) is 21.4. The van der Waals surface area contributed by atoms with E-state index < -0.39 is 0 Å². The number of amides is 1. The molecule has 31 heavy (non-hydrogen) atoms. The third-order valence-corrected chi connectivity index (χ3v) is 7.15. The molecule has 0 aromatic heterocycles. The second-order valence-electron chi connectivity index (χ2n) is 9.13. The van der Waals surface area contributed by atoms with Gasteiger partial charge in [0, 0.05) is 11.5 Å². The fourth-order valence-electron chi connectivity index (χ4n) is 5.31. The van der Waals surface area contributed by atoms with Crippen LogP contribution in [0.4, 0.5) is 0 Å². The second-order valence-corrected chi connectivity index (χ2v) is 9.13. The molecule has 3 aliphatic rings. The molecule has 1 aliphatic carbocycles. The summed E-state index contributed by atoms with van der Waals surface area (Å²) in [5, 5.41) is 6.79. The quantitative estimate of drug-likeness (QED) is 0.729. The minimum atomic E-state index is -0.0424. The molecule has 2 atom stereocenters. The fraction of sp³-hybridized carbons (Fsp3) is 0.440. The Morgan fingerprint density at radius 3 is 2.58 bits per heavy atom. The van der Waals surface area contributed by atoms with Crippen molar-refractivity contribution in [1.82, 2.24) is 5.01 Å². The number of hydrogen-bond donors (Lipinski definition) is 2. The number of carbonyl (C=O) groups excluding carboxylic acids is 1. The minimum absolute atomic E-state index is 0.0424. The molecule has 1 saturated heterocycles. The van der Waals surface area contributed by atoms with Gasteiger partial charge in [-0.2, -0.15) is 5.10 Å². The molecule has 0 radical (unpaired) electrons. The summed E-state index contributed by atoms with van der Waals surface area (Å²) in [4.78, 5) is 16.5. The maximum atomic E-state index is 13.5. The van der Waals surface area contributed by atoms with Gasteiger partial charge in [0.2, 0.25) is 0 Å². The molecule has 1 amide bonds. The Hall–Kier alpha value is -2.70. The highest BCUT2D eigenvalue weighted by molar-refractivity contribution is 6.06. The van der Waals surface area contributed by atoms with Gasteiger partial charge in [0.05, 0.1) is 25.9 Å². The van der Waals surface area contributed by atoms with Gasteiger partial charge in [0.25, 0.3) is 5.91 Å². The monoisotopic (exact) mass is 420 g/mol. The summed E-state index contributed by atoms with van der Waals surface area (Å²) < 4.78 is 5.35. The second kappa shape index (κ2) is 8.44. The number of hydrazone groups is 1. The zero-order valence-corrected chi connectivity index (χ0v) is 18.4. The summed E-state index contributed by atoms with van der Waals surface area (Å²) in [5.74, 6) is 1.20. The van der Waals surface area contributed by atoms with E-state index in [2.05, 4.69) is 43.4 Å². The van der Waals surface area contributed by atoms with Crippen molar-refractivity contribution in [2.75, 3.05) is 46.9 Å². The lowest BCUT2D eigenvalue weighted by atomic mass is 9.77. The normalized spacial score (nSPS) is 27.3. The highest BCUT2D eigenvalue weighted by atomic mass is 16.5. The molecule has 1 fully saturated rings. The first-order chi connectivity index (χ1) is 15.1. The van der Waals surface area contributed by atoms with E-state index in [-0.39, 0.29) is 17.9 Å². The van der Waals surface area contributed by atoms with Crippen molar-refractivity contribution in [1.29, 1.82) is 0 Å². The van der Waals surface area contributed by atoms with Crippen LogP contribution < -0.4 is 14.5 Å². The molecule has 0 spiro atoms. The molecule has 162 valence electrons. The van der Waals surface area contributed by atoms with E-state index in [0.717, 1.165) is 56.0 Å². The van der Waals surface area contributed by atoms with Crippen molar-refractivity contribution in [3.63, 3.8) is 0 Å². The largest absolute Gasteiger partial charge is 0.497 e. The number of benzene rings is 2. The molecule has 2 heterocycles. The highest BCUT2D eigenvalue weighted by Crippen LogP contribution is 2.43. The number of fused-ring (bicyclic) bond motifs is 3. The van der Waals surface area contributed by atoms with Gasteiger partial charge in [-0.25, -0.2) is 5.01 Å². The molecule has 2 aliphatic heterocycles. The third kappa shape index (κ3) is 3.86. The molecule has 6 nitrogen and oxygen atoms in total. The van der Waals surface area contributed by atoms with Crippen molar-refractivity contribution in [2.45, 2.75) is 18.9 Å². The van der Waals surface area contributed by atoms with Crippen LogP contribution in [0, 0.1) is 5.92 Å². The predicted molar refractivity (Wildman–Crippen MR) is 120 cm³/mol. The first-order valence-corrected chi connectivity index (χ1v) is 11.4. The number of carbonyl (C=O) groups is 1. The van der Waals surface area contributed by atoms with Crippen molar-refractivity contribution in [3.8, 4) is 5.75 Å². The first-order valence-electron chi connectivity index (χ1n) is 11.4. The Labute approximate surface area is 184 Å². The molecule has 6 heteroatoms. The van der Waals surface area contributed by atoms with Crippen molar-refractivity contribution in [3.05, 3.63) is 65.2 Å². The van der Waals surface area contributed by atoms with E-state index >= 15 is 0 Å². The Bertz CT molecular complexity index is 979. The number of aryl methyl sites for hydroxylation is 1. The smallest absolute Gasteiger partial charge is 0.298 e. The zero-order valence-electron chi connectivity index (χ0n) is 18.4. The molecule has 0 saturated carbocycles. The predicted octanol–water partition coefficient (Wildman–Crippen LogP) is -0.0416. The number of nitrogens with zero attached hydrogens (tertiary/aromatic N) is 2. The number of quaternary nitrogens is 2. The summed E-state index contributed by atoms with van der Waals surface area (Å²) in [5.41, 5.74) is 4.76. The van der Waals surface area contributed by atoms with Crippen molar-refractivity contribution in [2.24, 2.45) is 11.0 Å². The first kappa shape index (κ1) is 20.2. The van der Waals surface area contributed by atoms with Gasteiger partial charge in [-0.3, -0.25) is 4.79 Å². The number of piperazine rings is 1. The van der Waals surface area contributed by atoms with E-state index in [9.17, 15) is 4.79 Å². The van der Waals surface area contributed by atoms with E-state index in [1.165, 1.54) is 16.0 Å². The maximum Gasteiger partial charge on any atom is 0.298 e. The number of methoxy groups -OCH3 is 1. The fourth-order valence-corrected chi connectivity index (χ4v) is 5.31. The van der Waals surface area contributed by atoms with Crippen LogP contribution in [0.5, 0.6) is 5.75 Å². The van der Waals surface area contributed by atoms with Crippen LogP contribution in [-0.2, 0) is 11.2 Å². The van der Waals surface area contributed by atoms with Gasteiger partial charge in [-0.05, 0) is 36.1 Å². The van der Waals surface area contributed by atoms with Gasteiger partial charge in [-0.1, -0.05) is 36.4 Å². The van der Waals surface area contributed by atoms with Crippen molar-refractivity contribution < 1.29 is 19.3 Å². The lowest BCUT2D eigenvalue weighted by molar-refractivity contribution is -1.000. The van der Waals surface area contributed by atoms with Gasteiger partial charge >= 0.3 is 0 Å². The Morgan fingerprint density at radius 1 is 1.10 bits per heavy atom. The molecular weight excluding hydrogens is 388 g/mol. The number of hydrogen-bond acceptors (Lipinski definition) is 3. The molecule has 2 N–H and O–H groups in total. The summed E-state index contributed by atoms with van der Waals surface area (Å²) in [6.45, 7) is 4.85. The van der Waals surface area contributed by atoms with Crippen LogP contribution in [0.1, 0.15) is 29.2 Å². The molecule has 5 rings (SSSR count). The average molecular weight is 421 g/mol. The lowest BCUT2D eigenvalue weighted by Gasteiger charge is -2.31. The SMILES string of the molecule is COc1ccc([C@@H]2[C@H]3CCc4ccccc4C3=NN2C(=O)C[NH+]2CC[NH+](C)CC2)cc1. The van der Waals surface area contributed by atoms with E-state index in [4.69, 9.17) is 9.84 Å². The Morgan fingerprint density at radius 2 is 1.84 bits per heavy atom. The van der Waals surface area contributed by atoms with Crippen LogP contribution in [0.3, 0.4) is 0 Å². The van der Waals surface area contributed by atoms with Gasteiger partial charge in [0.15, 0.2) is 6.54 Å². The Kier molecular flexibility index (Phi) is 5.50. The number of likely N-dealkylation sites (N-methyl/N-ethyl adjacent to an activating group) is 1. The molecule has 2 aromatic rings. The summed E-state index contributed by atoms with van der Waals surface area (Å²) in [6.07, 6.45) is 2.04. The molecule has 0 unspecified atom stereocenters. The number of ether oxygens (including phenoxy) is 1. The van der Waals surface area contributed by atoms with Crippen LogP contribution >= 0.6 is 0 Å². The number of nitrogens with one attached hydrogen (secondary N) is 2. The molecule has 2 aromatic carbocycles. The topological polar surface area (TPSA) is 50.8 Å². The summed E-state index contributed by atoms with van der Waals surface area (Å²) in [7, 11) is 3.91. The minimum Gasteiger partial charge on any atom is -0.497 e. The van der Waals surface area contributed by atoms with Crippen LogP contribution in [0.2, 0.25) is 0 Å². The average Bonchev–Trinajstić information content (AvgIpc) is 3.21. The Balaban J connectivity index is 1.46. The summed E-state index contributed by atoms with van der Waals surface area (Å²) in [6, 6.07) is 16.6. The van der Waals surface area contributed by atoms with E-state index in [1.54, 1.807) is 12.0 Å². The maximum absolute atomic E-state index is 13.5. The van der Waals surface area contributed by atoms with Crippen molar-refractivity contribution >= 4 is 11.6 Å². The van der Waals surface area contributed by atoms with Crippen LogP contribution in [0.15, 0.2) is 53.6 Å². The van der Waals surface area contributed by atoms with Gasteiger partial charge in [0.1, 0.15) is 31.9 Å². The van der Waals surface area contributed by atoms with Crippen LogP contribution in [0.25, 0.3) is 0 Å². The van der Waals surface area contributed by atoms with Crippen LogP contribution in [-0.4, -0.2) is 63.5 Å². The third-order valence-electron chi connectivity index (χ3n) is 7.15. The highest BCUT2D eigenvalue weighted by Gasteiger charge is 2.44. The molecular formula is C25H32N4O2+2. The van der Waals surface area contributed by atoms with E-state index in [0.29, 0.717) is 6.54 Å². The lowest BCUT2D eigenvalue weighted by Crippen LogP contribution is -3.27. The summed E-state index contributed by atoms with van der Waals surface area (Å²) >= 11 is 0. The molecule has 0 bridgehead atoms. The van der Waals surface area contributed by atoms with Gasteiger partial charge in [-0.15, -0.1) is 0 Å². The van der Waals surface area contributed by atoms with E-state index in [1.807, 2.05) is 17.1 Å².